The van der Waals surface area contributed by atoms with Gasteiger partial charge in [-0.2, -0.15) is 0 Å². The van der Waals surface area contributed by atoms with Gasteiger partial charge in [-0.05, 0) is 12.1 Å². The van der Waals surface area contributed by atoms with Crippen molar-refractivity contribution in [2.75, 3.05) is 0 Å². The fraction of sp³-hybridized carbons (Fsp3) is 0.375. The summed E-state index contributed by atoms with van der Waals surface area (Å²) in [5.41, 5.74) is 0.951. The molecule has 0 N–H and O–H groups in total. The van der Waals surface area contributed by atoms with Gasteiger partial charge in [-0.3, -0.25) is 4.98 Å². The summed E-state index contributed by atoms with van der Waals surface area (Å²) in [4.78, 5) is 4.03. The van der Waals surface area contributed by atoms with Gasteiger partial charge in [-0.25, -0.2) is 0 Å². The summed E-state index contributed by atoms with van der Waals surface area (Å²) in [6.45, 7) is 4.56. The molecule has 1 heterocycles. The van der Waals surface area contributed by atoms with Crippen LogP contribution in [-0.2, 0) is 11.1 Å². The zero-order valence-electron chi connectivity index (χ0n) is 6.95. The second-order valence-corrected chi connectivity index (χ2v) is 1.97. The molecular weight excluding hydrogens is 157 g/mol. The molecule has 1 unspecified atom stereocenters. The third-order valence-electron chi connectivity index (χ3n) is 0.957. The molecule has 11 heavy (non-hydrogen) atoms. The Balaban J connectivity index is 0.000000461. The molecule has 0 aliphatic carbocycles. The molecule has 0 saturated heterocycles. The first-order chi connectivity index (χ1) is 5.43. The van der Waals surface area contributed by atoms with Gasteiger partial charge in [-0.1, -0.05) is 19.9 Å². The van der Waals surface area contributed by atoms with Crippen LogP contribution in [0.3, 0.4) is 0 Å². The molecule has 1 aromatic rings. The monoisotopic (exact) mass is 171 g/mol. The number of hydrogen-bond acceptors (Lipinski definition) is 2. The predicted molar refractivity (Wildman–Crippen MR) is 50.1 cm³/mol. The van der Waals surface area contributed by atoms with E-state index in [0.29, 0.717) is 6.61 Å². The summed E-state index contributed by atoms with van der Waals surface area (Å²) in [6, 6.07) is 5.74. The van der Waals surface area contributed by atoms with E-state index < -0.39 is 0 Å². The first-order valence-electron chi connectivity index (χ1n) is 3.65. The van der Waals surface area contributed by atoms with Gasteiger partial charge < -0.3 is 4.52 Å². The SMILES string of the molecule is CC.POCc1ccccn1. The van der Waals surface area contributed by atoms with E-state index in [-0.39, 0.29) is 0 Å². The molecule has 62 valence electrons. The van der Waals surface area contributed by atoms with E-state index in [4.69, 9.17) is 4.52 Å². The van der Waals surface area contributed by atoms with Gasteiger partial charge in [0.15, 0.2) is 0 Å². The zero-order chi connectivity index (χ0) is 8.53. The van der Waals surface area contributed by atoms with Crippen LogP contribution in [0.15, 0.2) is 24.4 Å². The topological polar surface area (TPSA) is 22.1 Å². The van der Waals surface area contributed by atoms with E-state index in [2.05, 4.69) is 14.5 Å². The maximum Gasteiger partial charge on any atom is 0.0923 e. The highest BCUT2D eigenvalue weighted by molar-refractivity contribution is 7.09. The van der Waals surface area contributed by atoms with E-state index in [9.17, 15) is 0 Å². The fourth-order valence-corrected chi connectivity index (χ4v) is 0.740. The van der Waals surface area contributed by atoms with Gasteiger partial charge >= 0.3 is 0 Å². The number of rotatable bonds is 2. The van der Waals surface area contributed by atoms with E-state index in [1.165, 1.54) is 0 Å². The molecule has 1 atom stereocenters. The largest absolute Gasteiger partial charge is 0.359 e. The molecule has 0 amide bonds. The Bertz CT molecular complexity index is 167. The Kier molecular flexibility index (Phi) is 7.33. The summed E-state index contributed by atoms with van der Waals surface area (Å²) in [5.74, 6) is 0. The molecule has 2 nitrogen and oxygen atoms in total. The Labute approximate surface area is 70.3 Å². The molecule has 3 heteroatoms. The minimum absolute atomic E-state index is 0.561. The van der Waals surface area contributed by atoms with Crippen LogP contribution in [-0.4, -0.2) is 4.98 Å². The molecule has 0 saturated carbocycles. The van der Waals surface area contributed by atoms with Crippen molar-refractivity contribution in [3.05, 3.63) is 30.1 Å². The van der Waals surface area contributed by atoms with Crippen LogP contribution in [0, 0.1) is 0 Å². The summed E-state index contributed by atoms with van der Waals surface area (Å²) in [7, 11) is 2.19. The molecule has 0 aliphatic rings. The summed E-state index contributed by atoms with van der Waals surface area (Å²) >= 11 is 0. The van der Waals surface area contributed by atoms with Crippen LogP contribution in [0.25, 0.3) is 0 Å². The third-order valence-corrected chi connectivity index (χ3v) is 1.12. The number of hydrogen-bond donors (Lipinski definition) is 0. The maximum atomic E-state index is 4.78. The highest BCUT2D eigenvalue weighted by Gasteiger charge is 1.86. The molecule has 0 radical (unpaired) electrons. The summed E-state index contributed by atoms with van der Waals surface area (Å²) in [6.07, 6.45) is 1.75. The van der Waals surface area contributed by atoms with E-state index >= 15 is 0 Å². The second kappa shape index (κ2) is 7.64. The van der Waals surface area contributed by atoms with Crippen molar-refractivity contribution in [2.24, 2.45) is 0 Å². The lowest BCUT2D eigenvalue weighted by Gasteiger charge is -1.94. The van der Waals surface area contributed by atoms with Crippen molar-refractivity contribution in [2.45, 2.75) is 20.5 Å². The van der Waals surface area contributed by atoms with Crippen LogP contribution in [0.4, 0.5) is 0 Å². The molecule has 0 bridgehead atoms. The van der Waals surface area contributed by atoms with Gasteiger partial charge in [0.05, 0.1) is 12.3 Å². The fourth-order valence-electron chi connectivity index (χ4n) is 0.569. The number of aromatic nitrogens is 1. The third kappa shape index (κ3) is 4.88. The quantitative estimate of drug-likeness (QED) is 0.637. The second-order valence-electron chi connectivity index (χ2n) is 1.63. The Morgan fingerprint density at radius 3 is 2.64 bits per heavy atom. The molecular formula is C8H14NOP. The van der Waals surface area contributed by atoms with Crippen molar-refractivity contribution in [1.29, 1.82) is 0 Å². The minimum Gasteiger partial charge on any atom is -0.359 e. The molecule has 0 spiro atoms. The smallest absolute Gasteiger partial charge is 0.0923 e. The van der Waals surface area contributed by atoms with Crippen LogP contribution in [0.2, 0.25) is 0 Å². The lowest BCUT2D eigenvalue weighted by molar-refractivity contribution is 0.355. The predicted octanol–water partition coefficient (Wildman–Crippen LogP) is 2.41. The van der Waals surface area contributed by atoms with Gasteiger partial charge in [0.1, 0.15) is 0 Å². The Morgan fingerprint density at radius 1 is 1.45 bits per heavy atom. The van der Waals surface area contributed by atoms with Crippen LogP contribution < -0.4 is 0 Å². The highest BCUT2D eigenvalue weighted by atomic mass is 31.0. The molecule has 1 aromatic heterocycles. The van der Waals surface area contributed by atoms with Crippen molar-refractivity contribution >= 4 is 9.47 Å². The maximum absolute atomic E-state index is 4.78. The minimum atomic E-state index is 0.561. The van der Waals surface area contributed by atoms with Crippen molar-refractivity contribution < 1.29 is 4.52 Å². The van der Waals surface area contributed by atoms with Crippen molar-refractivity contribution in [3.8, 4) is 0 Å². The molecule has 0 aliphatic heterocycles. The average Bonchev–Trinajstić information content (AvgIpc) is 2.11. The van der Waals surface area contributed by atoms with Crippen molar-refractivity contribution in [1.82, 2.24) is 4.98 Å². The van der Waals surface area contributed by atoms with Gasteiger partial charge in [0.2, 0.25) is 0 Å². The van der Waals surface area contributed by atoms with Gasteiger partial charge in [-0.15, -0.1) is 0 Å². The highest BCUT2D eigenvalue weighted by Crippen LogP contribution is 1.97. The lowest BCUT2D eigenvalue weighted by atomic mass is 10.4. The standard InChI is InChI=1S/C6H8NOP.C2H6/c9-8-5-6-3-1-2-4-7-6;1-2/h1-4H,5,9H2;1-2H3. The number of pyridine rings is 1. The van der Waals surface area contributed by atoms with Gasteiger partial charge in [0, 0.05) is 15.7 Å². The molecule has 0 aromatic carbocycles. The molecule has 0 fully saturated rings. The average molecular weight is 171 g/mol. The first-order valence-corrected chi connectivity index (χ1v) is 4.12. The van der Waals surface area contributed by atoms with E-state index in [0.717, 1.165) is 5.69 Å². The van der Waals surface area contributed by atoms with Crippen LogP contribution >= 0.6 is 9.47 Å². The van der Waals surface area contributed by atoms with Gasteiger partial charge in [0.25, 0.3) is 0 Å². The molecule has 1 rings (SSSR count). The Morgan fingerprint density at radius 2 is 2.18 bits per heavy atom. The first kappa shape index (κ1) is 10.5. The van der Waals surface area contributed by atoms with Crippen molar-refractivity contribution in [3.63, 3.8) is 0 Å². The van der Waals surface area contributed by atoms with E-state index in [1.807, 2.05) is 32.0 Å². The normalized spacial score (nSPS) is 8.27. The van der Waals surface area contributed by atoms with Crippen LogP contribution in [0.5, 0.6) is 0 Å². The van der Waals surface area contributed by atoms with E-state index in [1.54, 1.807) is 6.20 Å². The summed E-state index contributed by atoms with van der Waals surface area (Å²) < 4.78 is 4.78. The summed E-state index contributed by atoms with van der Waals surface area (Å²) in [5, 5.41) is 0. The zero-order valence-corrected chi connectivity index (χ0v) is 8.10. The lowest BCUT2D eigenvalue weighted by Crippen LogP contribution is -1.85. The number of nitrogens with zero attached hydrogens (tertiary/aromatic N) is 1. The Hall–Kier alpha value is -0.460. The van der Waals surface area contributed by atoms with Crippen LogP contribution in [0.1, 0.15) is 19.5 Å².